The van der Waals surface area contributed by atoms with Crippen molar-refractivity contribution in [1.82, 2.24) is 20.4 Å². The lowest BCUT2D eigenvalue weighted by Gasteiger charge is -2.28. The van der Waals surface area contributed by atoms with E-state index in [1.807, 2.05) is 0 Å². The quantitative estimate of drug-likeness (QED) is 0.285. The Kier molecular flexibility index (Phi) is 11.6. The molecule has 7 nitrogen and oxygen atoms in total. The number of hydrogen-bond donors (Lipinski definition) is 2. The molecule has 174 valence electrons. The maximum atomic E-state index is 12.0. The van der Waals surface area contributed by atoms with Crippen molar-refractivity contribution in [2.45, 2.75) is 51.7 Å². The number of benzene rings is 1. The number of hydrogen-bond acceptors (Lipinski definition) is 4. The SMILES string of the molecule is CCC(CCNC(=NC)NCc1ccccc1CN1CCOCC1)N1CCCC1=O.I. The summed E-state index contributed by atoms with van der Waals surface area (Å²) in [6.45, 7) is 9.18. The molecule has 0 aliphatic carbocycles. The van der Waals surface area contributed by atoms with Crippen LogP contribution in [-0.4, -0.2) is 74.1 Å². The molecule has 0 spiro atoms. The van der Waals surface area contributed by atoms with Crippen molar-refractivity contribution in [3.8, 4) is 0 Å². The highest BCUT2D eigenvalue weighted by molar-refractivity contribution is 14.0. The summed E-state index contributed by atoms with van der Waals surface area (Å²) in [6.07, 6.45) is 3.64. The Hall–Kier alpha value is -1.39. The number of amides is 1. The van der Waals surface area contributed by atoms with Crippen LogP contribution in [0, 0.1) is 0 Å². The van der Waals surface area contributed by atoms with Gasteiger partial charge in [0.1, 0.15) is 0 Å². The van der Waals surface area contributed by atoms with Crippen LogP contribution in [0.4, 0.5) is 0 Å². The maximum absolute atomic E-state index is 12.0. The smallest absolute Gasteiger partial charge is 0.222 e. The zero-order valence-electron chi connectivity index (χ0n) is 18.9. The van der Waals surface area contributed by atoms with Gasteiger partial charge < -0.3 is 20.3 Å². The number of nitrogens with zero attached hydrogens (tertiary/aromatic N) is 3. The molecule has 1 atom stereocenters. The number of guanidine groups is 1. The molecule has 1 aromatic carbocycles. The van der Waals surface area contributed by atoms with E-state index in [0.29, 0.717) is 18.4 Å². The van der Waals surface area contributed by atoms with E-state index in [9.17, 15) is 4.79 Å². The van der Waals surface area contributed by atoms with Gasteiger partial charge in [-0.25, -0.2) is 0 Å². The minimum atomic E-state index is 0. The number of carbonyl (C=O) groups is 1. The summed E-state index contributed by atoms with van der Waals surface area (Å²) in [5.74, 6) is 1.11. The van der Waals surface area contributed by atoms with Crippen LogP contribution in [0.1, 0.15) is 43.7 Å². The highest BCUT2D eigenvalue weighted by Crippen LogP contribution is 2.17. The lowest BCUT2D eigenvalue weighted by Crippen LogP contribution is -2.42. The summed E-state index contributed by atoms with van der Waals surface area (Å²) >= 11 is 0. The largest absolute Gasteiger partial charge is 0.379 e. The molecule has 31 heavy (non-hydrogen) atoms. The Morgan fingerprint density at radius 2 is 1.90 bits per heavy atom. The first-order valence-corrected chi connectivity index (χ1v) is 11.3. The normalized spacial score (nSPS) is 18.6. The fraction of sp³-hybridized carbons (Fsp3) is 0.652. The monoisotopic (exact) mass is 543 g/mol. The Bertz CT molecular complexity index is 709. The summed E-state index contributed by atoms with van der Waals surface area (Å²) in [6, 6.07) is 8.91. The average molecular weight is 543 g/mol. The molecule has 2 aliphatic heterocycles. The summed E-state index contributed by atoms with van der Waals surface area (Å²) in [5, 5.41) is 6.87. The molecule has 8 heteroatoms. The molecule has 3 rings (SSSR count). The van der Waals surface area contributed by atoms with Crippen LogP contribution in [0.2, 0.25) is 0 Å². The van der Waals surface area contributed by atoms with Crippen molar-refractivity contribution in [3.63, 3.8) is 0 Å². The van der Waals surface area contributed by atoms with Crippen molar-refractivity contribution in [2.24, 2.45) is 4.99 Å². The maximum Gasteiger partial charge on any atom is 0.222 e. The Labute approximate surface area is 204 Å². The molecule has 0 saturated carbocycles. The topological polar surface area (TPSA) is 69.2 Å². The molecule has 2 fully saturated rings. The molecule has 0 bridgehead atoms. The minimum absolute atomic E-state index is 0. The molecule has 0 aromatic heterocycles. The molecule has 2 aliphatic rings. The van der Waals surface area contributed by atoms with Gasteiger partial charge in [0.2, 0.25) is 5.91 Å². The summed E-state index contributed by atoms with van der Waals surface area (Å²) in [4.78, 5) is 20.9. The average Bonchev–Trinajstić information content (AvgIpc) is 3.20. The van der Waals surface area contributed by atoms with E-state index >= 15 is 0 Å². The first kappa shape index (κ1) is 25.9. The van der Waals surface area contributed by atoms with Crippen molar-refractivity contribution in [1.29, 1.82) is 0 Å². The van der Waals surface area contributed by atoms with Gasteiger partial charge in [-0.1, -0.05) is 31.2 Å². The van der Waals surface area contributed by atoms with Gasteiger partial charge >= 0.3 is 0 Å². The van der Waals surface area contributed by atoms with Crippen LogP contribution in [0.25, 0.3) is 0 Å². The highest BCUT2D eigenvalue weighted by atomic mass is 127. The van der Waals surface area contributed by atoms with Gasteiger partial charge in [0, 0.05) is 58.8 Å². The molecule has 0 radical (unpaired) electrons. The van der Waals surface area contributed by atoms with Crippen molar-refractivity contribution >= 4 is 35.8 Å². The lowest BCUT2D eigenvalue weighted by molar-refractivity contribution is -0.129. The molecule has 2 N–H and O–H groups in total. The van der Waals surface area contributed by atoms with Crippen LogP contribution < -0.4 is 10.6 Å². The number of halogens is 1. The third kappa shape index (κ3) is 7.91. The van der Waals surface area contributed by atoms with Crippen LogP contribution in [0.5, 0.6) is 0 Å². The highest BCUT2D eigenvalue weighted by Gasteiger charge is 2.26. The standard InChI is InChI=1S/C23H37N5O2.HI/c1-3-21(28-12-6-9-22(28)29)10-11-25-23(24-2)26-17-19-7-4-5-8-20(19)18-27-13-15-30-16-14-27;/h4-5,7-8,21H,3,6,9-18H2,1-2H3,(H2,24,25,26);1H. The summed E-state index contributed by atoms with van der Waals surface area (Å²) in [7, 11) is 1.80. The number of aliphatic imine (C=N–C) groups is 1. The predicted octanol–water partition coefficient (Wildman–Crippen LogP) is 2.59. The molecule has 2 heterocycles. The van der Waals surface area contributed by atoms with E-state index < -0.39 is 0 Å². The minimum Gasteiger partial charge on any atom is -0.379 e. The zero-order valence-corrected chi connectivity index (χ0v) is 21.3. The van der Waals surface area contributed by atoms with E-state index in [1.165, 1.54) is 11.1 Å². The Morgan fingerprint density at radius 1 is 1.16 bits per heavy atom. The van der Waals surface area contributed by atoms with Gasteiger partial charge in [0.25, 0.3) is 0 Å². The van der Waals surface area contributed by atoms with Gasteiger partial charge in [-0.3, -0.25) is 14.7 Å². The number of nitrogens with one attached hydrogen (secondary N) is 2. The second-order valence-electron chi connectivity index (χ2n) is 8.05. The van der Waals surface area contributed by atoms with Crippen molar-refractivity contribution < 1.29 is 9.53 Å². The van der Waals surface area contributed by atoms with Gasteiger partial charge in [-0.15, -0.1) is 24.0 Å². The third-order valence-electron chi connectivity index (χ3n) is 6.08. The molecular weight excluding hydrogens is 505 g/mol. The fourth-order valence-corrected chi connectivity index (χ4v) is 4.28. The molecule has 1 amide bonds. The van der Waals surface area contributed by atoms with Crippen molar-refractivity contribution in [2.75, 3.05) is 46.4 Å². The number of likely N-dealkylation sites (tertiary alicyclic amines) is 1. The first-order chi connectivity index (χ1) is 14.7. The summed E-state index contributed by atoms with van der Waals surface area (Å²) < 4.78 is 5.46. The Balaban J connectivity index is 0.00000341. The van der Waals surface area contributed by atoms with Gasteiger partial charge in [-0.2, -0.15) is 0 Å². The van der Waals surface area contributed by atoms with E-state index in [2.05, 4.69) is 56.6 Å². The lowest BCUT2D eigenvalue weighted by atomic mass is 10.1. The number of ether oxygens (including phenoxy) is 1. The van der Waals surface area contributed by atoms with E-state index in [0.717, 1.165) is 77.7 Å². The number of morpholine rings is 1. The number of carbonyl (C=O) groups excluding carboxylic acids is 1. The second-order valence-corrected chi connectivity index (χ2v) is 8.05. The van der Waals surface area contributed by atoms with Gasteiger partial charge in [0.05, 0.1) is 13.2 Å². The fourth-order valence-electron chi connectivity index (χ4n) is 4.28. The molecule has 1 aromatic rings. The van der Waals surface area contributed by atoms with E-state index in [-0.39, 0.29) is 24.0 Å². The van der Waals surface area contributed by atoms with Crippen LogP contribution in [0.3, 0.4) is 0 Å². The molecule has 2 saturated heterocycles. The van der Waals surface area contributed by atoms with Gasteiger partial charge in [0.15, 0.2) is 5.96 Å². The van der Waals surface area contributed by atoms with E-state index in [1.54, 1.807) is 7.05 Å². The van der Waals surface area contributed by atoms with Crippen LogP contribution in [-0.2, 0) is 22.6 Å². The summed E-state index contributed by atoms with van der Waals surface area (Å²) in [5.41, 5.74) is 2.64. The number of rotatable bonds is 9. The zero-order chi connectivity index (χ0) is 21.2. The first-order valence-electron chi connectivity index (χ1n) is 11.3. The molecule has 1 unspecified atom stereocenters. The van der Waals surface area contributed by atoms with Crippen LogP contribution in [0.15, 0.2) is 29.3 Å². The molecular formula is C23H38IN5O2. The van der Waals surface area contributed by atoms with Crippen LogP contribution >= 0.6 is 24.0 Å². The van der Waals surface area contributed by atoms with Gasteiger partial charge in [-0.05, 0) is 30.4 Å². The second kappa shape index (κ2) is 13.9. The predicted molar refractivity (Wildman–Crippen MR) is 136 cm³/mol. The third-order valence-corrected chi connectivity index (χ3v) is 6.08. The van der Waals surface area contributed by atoms with E-state index in [4.69, 9.17) is 4.74 Å². The van der Waals surface area contributed by atoms with Crippen molar-refractivity contribution in [3.05, 3.63) is 35.4 Å². The Morgan fingerprint density at radius 3 is 2.55 bits per heavy atom.